The summed E-state index contributed by atoms with van der Waals surface area (Å²) in [5, 5.41) is 12.4. The molecule has 0 spiro atoms. The van der Waals surface area contributed by atoms with E-state index in [1.54, 1.807) is 30.3 Å². The van der Waals surface area contributed by atoms with Gasteiger partial charge in [-0.15, -0.1) is 5.06 Å². The molecule has 5 nitrogen and oxygen atoms in total. The molecular formula is C28H26FNO4. The predicted octanol–water partition coefficient (Wildman–Crippen LogP) is 6.06. The maximum atomic E-state index is 13.6. The summed E-state index contributed by atoms with van der Waals surface area (Å²) in [5.74, 6) is 0.447. The summed E-state index contributed by atoms with van der Waals surface area (Å²) in [5.41, 5.74) is 3.00. The van der Waals surface area contributed by atoms with Crippen LogP contribution >= 0.6 is 0 Å². The molecule has 6 heteroatoms. The smallest absolute Gasteiger partial charge is 0.339 e. The van der Waals surface area contributed by atoms with Gasteiger partial charge in [0.05, 0.1) is 0 Å². The lowest BCUT2D eigenvalue weighted by Gasteiger charge is -2.33. The highest BCUT2D eigenvalue weighted by atomic mass is 19.1. The summed E-state index contributed by atoms with van der Waals surface area (Å²) in [6, 6.07) is 19.0. The van der Waals surface area contributed by atoms with Crippen molar-refractivity contribution in [3.8, 4) is 22.6 Å². The molecular weight excluding hydrogens is 433 g/mol. The molecule has 34 heavy (non-hydrogen) atoms. The summed E-state index contributed by atoms with van der Waals surface area (Å²) >= 11 is 0. The maximum Gasteiger partial charge on any atom is 0.339 e. The molecule has 0 saturated carbocycles. The lowest BCUT2D eigenvalue weighted by molar-refractivity contribution is -0.106. The highest BCUT2D eigenvalue weighted by molar-refractivity contribution is 5.78. The zero-order valence-electron chi connectivity index (χ0n) is 19.0. The van der Waals surface area contributed by atoms with Crippen LogP contribution in [0.15, 0.2) is 75.9 Å². The van der Waals surface area contributed by atoms with Gasteiger partial charge in [-0.25, -0.2) is 9.18 Å². The molecule has 174 valence electrons. The lowest BCUT2D eigenvalue weighted by atomic mass is 9.98. The van der Waals surface area contributed by atoms with Crippen molar-refractivity contribution in [1.29, 1.82) is 0 Å². The van der Waals surface area contributed by atoms with Gasteiger partial charge in [-0.2, -0.15) is 0 Å². The normalized spacial score (nSPS) is 16.6. The molecule has 5 rings (SSSR count). The van der Waals surface area contributed by atoms with E-state index in [0.29, 0.717) is 29.4 Å². The highest BCUT2D eigenvalue weighted by Gasteiger charge is 2.22. The number of hydroxylamine groups is 2. The zero-order valence-corrected chi connectivity index (χ0v) is 19.0. The van der Waals surface area contributed by atoms with E-state index in [0.717, 1.165) is 41.5 Å². The third kappa shape index (κ3) is 4.68. The minimum atomic E-state index is -0.441. The first-order chi connectivity index (χ1) is 16.5. The van der Waals surface area contributed by atoms with Gasteiger partial charge in [0.1, 0.15) is 17.1 Å². The van der Waals surface area contributed by atoms with Crippen LogP contribution in [0.5, 0.6) is 11.5 Å². The van der Waals surface area contributed by atoms with Crippen LogP contribution in [0.2, 0.25) is 0 Å². The molecule has 3 aromatic carbocycles. The third-order valence-corrected chi connectivity index (χ3v) is 6.34. The van der Waals surface area contributed by atoms with E-state index >= 15 is 0 Å². The third-order valence-electron chi connectivity index (χ3n) is 6.34. The molecule has 1 fully saturated rings. The van der Waals surface area contributed by atoms with Gasteiger partial charge >= 0.3 is 5.63 Å². The standard InChI is InChI=1S/C28H26FNO4/c1-18-4-2-3-13-30(18)34-26-12-5-19(15-25(26)20-6-9-23(29)10-7-20)14-22-16-21-8-11-24(31)17-27(21)33-28(22)32/h5-12,15-18,31H,2-4,13-14H2,1H3. The van der Waals surface area contributed by atoms with E-state index in [1.807, 2.05) is 23.3 Å². The van der Waals surface area contributed by atoms with E-state index < -0.39 is 5.63 Å². The Kier molecular flexibility index (Phi) is 6.07. The van der Waals surface area contributed by atoms with Crippen molar-refractivity contribution in [2.45, 2.75) is 38.6 Å². The number of phenolic OH excluding ortho intramolecular Hbond substituents is 1. The largest absolute Gasteiger partial charge is 0.508 e. The predicted molar refractivity (Wildman–Crippen MR) is 129 cm³/mol. The first-order valence-electron chi connectivity index (χ1n) is 11.6. The number of benzene rings is 3. The van der Waals surface area contributed by atoms with Crippen LogP contribution in [0.25, 0.3) is 22.1 Å². The van der Waals surface area contributed by atoms with Gasteiger partial charge in [0, 0.05) is 41.6 Å². The van der Waals surface area contributed by atoms with Crippen molar-refractivity contribution in [2.75, 3.05) is 6.54 Å². The van der Waals surface area contributed by atoms with Crippen LogP contribution in [0.4, 0.5) is 4.39 Å². The van der Waals surface area contributed by atoms with Crippen molar-refractivity contribution in [3.63, 3.8) is 0 Å². The molecule has 0 bridgehead atoms. The molecule has 0 aliphatic carbocycles. The zero-order chi connectivity index (χ0) is 23.7. The fourth-order valence-electron chi connectivity index (χ4n) is 4.44. The summed E-state index contributed by atoms with van der Waals surface area (Å²) in [6.45, 7) is 3.02. The van der Waals surface area contributed by atoms with Crippen molar-refractivity contribution < 1.29 is 18.8 Å². The highest BCUT2D eigenvalue weighted by Crippen LogP contribution is 2.34. The van der Waals surface area contributed by atoms with Crippen molar-refractivity contribution in [2.24, 2.45) is 0 Å². The molecule has 1 N–H and O–H groups in total. The number of piperidine rings is 1. The van der Waals surface area contributed by atoms with Crippen molar-refractivity contribution >= 4 is 11.0 Å². The van der Waals surface area contributed by atoms with Gasteiger partial charge < -0.3 is 14.4 Å². The molecule has 1 aliphatic heterocycles. The van der Waals surface area contributed by atoms with Crippen LogP contribution in [0.1, 0.15) is 37.3 Å². The van der Waals surface area contributed by atoms with Crippen molar-refractivity contribution in [1.82, 2.24) is 5.06 Å². The quantitative estimate of drug-likeness (QED) is 0.367. The fraction of sp³-hybridized carbons (Fsp3) is 0.250. The SMILES string of the molecule is CC1CCCCN1Oc1ccc(Cc2cc3ccc(O)cc3oc2=O)cc1-c1ccc(F)cc1. The summed E-state index contributed by atoms with van der Waals surface area (Å²) in [4.78, 5) is 18.9. The average Bonchev–Trinajstić information content (AvgIpc) is 2.82. The maximum absolute atomic E-state index is 13.6. The Bertz CT molecular complexity index is 1380. The summed E-state index contributed by atoms with van der Waals surface area (Å²) < 4.78 is 19.0. The van der Waals surface area contributed by atoms with E-state index in [4.69, 9.17) is 9.25 Å². The number of aromatic hydroxyl groups is 1. The number of nitrogens with zero attached hydrogens (tertiary/aromatic N) is 1. The Morgan fingerprint density at radius 2 is 1.88 bits per heavy atom. The fourth-order valence-corrected chi connectivity index (χ4v) is 4.44. The molecule has 1 atom stereocenters. The van der Waals surface area contributed by atoms with Gasteiger partial charge in [0.2, 0.25) is 0 Å². The number of hydrogen-bond acceptors (Lipinski definition) is 5. The Morgan fingerprint density at radius 1 is 1.06 bits per heavy atom. The van der Waals surface area contributed by atoms with E-state index in [2.05, 4.69) is 6.92 Å². The molecule has 1 saturated heterocycles. The van der Waals surface area contributed by atoms with Crippen LogP contribution in [0, 0.1) is 5.82 Å². The molecule has 1 unspecified atom stereocenters. The van der Waals surface area contributed by atoms with Gasteiger partial charge in [-0.3, -0.25) is 0 Å². The minimum absolute atomic E-state index is 0.0472. The number of rotatable bonds is 5. The van der Waals surface area contributed by atoms with E-state index in [1.165, 1.54) is 24.6 Å². The number of hydrogen-bond donors (Lipinski definition) is 1. The molecule has 4 aromatic rings. The second-order valence-electron chi connectivity index (χ2n) is 8.87. The van der Waals surface area contributed by atoms with Gasteiger partial charge in [0.15, 0.2) is 5.75 Å². The first-order valence-corrected chi connectivity index (χ1v) is 11.6. The van der Waals surface area contributed by atoms with Gasteiger partial charge in [0.25, 0.3) is 0 Å². The summed E-state index contributed by atoms with van der Waals surface area (Å²) in [7, 11) is 0. The molecule has 2 heterocycles. The molecule has 0 radical (unpaired) electrons. The second kappa shape index (κ2) is 9.31. The monoisotopic (exact) mass is 459 g/mol. The first kappa shape index (κ1) is 22.2. The Labute approximate surface area is 197 Å². The average molecular weight is 460 g/mol. The topological polar surface area (TPSA) is 62.9 Å². The lowest BCUT2D eigenvalue weighted by Crippen LogP contribution is -2.40. The molecule has 1 aliphatic rings. The minimum Gasteiger partial charge on any atom is -0.508 e. The summed E-state index contributed by atoms with van der Waals surface area (Å²) in [6.07, 6.45) is 3.73. The Balaban J connectivity index is 1.51. The van der Waals surface area contributed by atoms with E-state index in [-0.39, 0.29) is 11.6 Å². The Hall–Kier alpha value is -3.64. The van der Waals surface area contributed by atoms with Crippen LogP contribution in [-0.4, -0.2) is 22.8 Å². The van der Waals surface area contributed by atoms with Gasteiger partial charge in [-0.05, 0) is 73.4 Å². The number of halogens is 1. The molecule has 0 amide bonds. The van der Waals surface area contributed by atoms with Crippen LogP contribution < -0.4 is 10.5 Å². The second-order valence-corrected chi connectivity index (χ2v) is 8.87. The van der Waals surface area contributed by atoms with Crippen LogP contribution in [0.3, 0.4) is 0 Å². The number of phenols is 1. The number of fused-ring (bicyclic) bond motifs is 1. The van der Waals surface area contributed by atoms with Crippen LogP contribution in [-0.2, 0) is 6.42 Å². The molecule has 1 aromatic heterocycles. The Morgan fingerprint density at radius 3 is 2.68 bits per heavy atom. The van der Waals surface area contributed by atoms with Crippen molar-refractivity contribution in [3.05, 3.63) is 94.1 Å². The van der Waals surface area contributed by atoms with Gasteiger partial charge in [-0.1, -0.05) is 24.6 Å². The van der Waals surface area contributed by atoms with E-state index in [9.17, 15) is 14.3 Å².